The Labute approximate surface area is 130 Å². The van der Waals surface area contributed by atoms with Crippen molar-refractivity contribution < 1.29 is 14.4 Å². The number of phenolic OH excluding ortho intramolecular Hbond substituents is 1. The second-order valence-electron chi connectivity index (χ2n) is 5.11. The smallest absolute Gasteiger partial charge is 0.269 e. The van der Waals surface area contributed by atoms with Gasteiger partial charge in [0.25, 0.3) is 5.69 Å². The van der Waals surface area contributed by atoms with Crippen LogP contribution in [-0.4, -0.2) is 10.0 Å². The predicted octanol–water partition coefficient (Wildman–Crippen LogP) is 3.64. The highest BCUT2D eigenvalue weighted by Gasteiger charge is 2.13. The summed E-state index contributed by atoms with van der Waals surface area (Å²) in [5, 5.41) is 20.9. The molecule has 1 aromatic heterocycles. The van der Waals surface area contributed by atoms with Gasteiger partial charge in [0.1, 0.15) is 17.6 Å². The Kier molecular flexibility index (Phi) is 3.57. The first-order valence-corrected chi connectivity index (χ1v) is 7.03. The highest BCUT2D eigenvalue weighted by Crippen LogP contribution is 2.27. The number of hydrogen-bond donors (Lipinski definition) is 1. The lowest BCUT2D eigenvalue weighted by atomic mass is 10.0. The van der Waals surface area contributed by atoms with E-state index in [2.05, 4.69) is 0 Å². The summed E-state index contributed by atoms with van der Waals surface area (Å²) < 4.78 is 5.44. The van der Waals surface area contributed by atoms with E-state index in [1.807, 2.05) is 6.92 Å². The van der Waals surface area contributed by atoms with E-state index in [9.17, 15) is 20.0 Å². The average Bonchev–Trinajstić information content (AvgIpc) is 2.55. The molecule has 0 aliphatic carbocycles. The number of nitro benzene ring substituents is 1. The first-order valence-electron chi connectivity index (χ1n) is 7.03. The summed E-state index contributed by atoms with van der Waals surface area (Å²) in [6.07, 6.45) is 1.89. The van der Waals surface area contributed by atoms with Crippen LogP contribution in [0.2, 0.25) is 0 Å². The maximum atomic E-state index is 12.7. The molecule has 0 atom stereocenters. The SMILES string of the molecule is CCc1cc2c(=O)c(-c3ccc([N+](=O)[O-])cc3)coc2cc1O. The molecule has 23 heavy (non-hydrogen) atoms. The summed E-state index contributed by atoms with van der Waals surface area (Å²) in [4.78, 5) is 22.8. The van der Waals surface area contributed by atoms with E-state index in [0.29, 0.717) is 34.1 Å². The number of nitro groups is 1. The quantitative estimate of drug-likeness (QED) is 0.588. The third kappa shape index (κ3) is 2.55. The van der Waals surface area contributed by atoms with Gasteiger partial charge in [-0.1, -0.05) is 6.92 Å². The number of aromatic hydroxyl groups is 1. The molecule has 6 nitrogen and oxygen atoms in total. The molecule has 0 radical (unpaired) electrons. The van der Waals surface area contributed by atoms with Crippen molar-refractivity contribution in [3.8, 4) is 16.9 Å². The van der Waals surface area contributed by atoms with Crippen LogP contribution < -0.4 is 5.43 Å². The maximum Gasteiger partial charge on any atom is 0.269 e. The molecule has 3 aromatic rings. The van der Waals surface area contributed by atoms with Gasteiger partial charge in [-0.05, 0) is 35.7 Å². The normalized spacial score (nSPS) is 10.8. The van der Waals surface area contributed by atoms with Crippen molar-refractivity contribution in [2.24, 2.45) is 0 Å². The molecule has 0 bridgehead atoms. The third-order valence-corrected chi connectivity index (χ3v) is 3.74. The summed E-state index contributed by atoms with van der Waals surface area (Å²) in [5.74, 6) is 0.0891. The number of phenols is 1. The van der Waals surface area contributed by atoms with Crippen molar-refractivity contribution in [2.75, 3.05) is 0 Å². The fraction of sp³-hybridized carbons (Fsp3) is 0.118. The lowest BCUT2D eigenvalue weighted by Gasteiger charge is -2.06. The molecule has 1 N–H and O–H groups in total. The molecular formula is C17H13NO5. The van der Waals surface area contributed by atoms with Crippen molar-refractivity contribution >= 4 is 16.7 Å². The number of nitrogens with zero attached hydrogens (tertiary/aromatic N) is 1. The monoisotopic (exact) mass is 311 g/mol. The first-order chi connectivity index (χ1) is 11.0. The number of fused-ring (bicyclic) bond motifs is 1. The van der Waals surface area contributed by atoms with Crippen molar-refractivity contribution in [3.05, 3.63) is 68.6 Å². The summed E-state index contributed by atoms with van der Waals surface area (Å²) in [7, 11) is 0. The zero-order chi connectivity index (χ0) is 16.6. The van der Waals surface area contributed by atoms with E-state index in [0.717, 1.165) is 0 Å². The summed E-state index contributed by atoms with van der Waals surface area (Å²) in [6, 6.07) is 8.75. The number of rotatable bonds is 3. The molecule has 0 saturated carbocycles. The van der Waals surface area contributed by atoms with Crippen LogP contribution in [0.15, 0.2) is 51.9 Å². The van der Waals surface area contributed by atoms with Gasteiger partial charge < -0.3 is 9.52 Å². The molecule has 116 valence electrons. The van der Waals surface area contributed by atoms with Crippen LogP contribution in [0.1, 0.15) is 12.5 Å². The molecule has 0 aliphatic rings. The standard InChI is InChI=1S/C17H13NO5/c1-2-10-7-13-16(8-15(10)19)23-9-14(17(13)20)11-3-5-12(6-4-11)18(21)22/h3-9,19H,2H2,1H3. The van der Waals surface area contributed by atoms with Crippen LogP contribution >= 0.6 is 0 Å². The minimum absolute atomic E-state index is 0.0443. The molecule has 0 amide bonds. The Balaban J connectivity index is 2.18. The highest BCUT2D eigenvalue weighted by molar-refractivity contribution is 5.83. The fourth-order valence-corrected chi connectivity index (χ4v) is 2.45. The molecule has 1 heterocycles. The van der Waals surface area contributed by atoms with Crippen LogP contribution in [0.3, 0.4) is 0 Å². The van der Waals surface area contributed by atoms with Crippen molar-refractivity contribution in [1.29, 1.82) is 0 Å². The fourth-order valence-electron chi connectivity index (χ4n) is 2.45. The third-order valence-electron chi connectivity index (χ3n) is 3.74. The van der Waals surface area contributed by atoms with E-state index in [1.54, 1.807) is 6.07 Å². The van der Waals surface area contributed by atoms with E-state index < -0.39 is 4.92 Å². The highest BCUT2D eigenvalue weighted by atomic mass is 16.6. The number of benzene rings is 2. The van der Waals surface area contributed by atoms with Gasteiger partial charge in [-0.3, -0.25) is 14.9 Å². The molecule has 6 heteroatoms. The van der Waals surface area contributed by atoms with Gasteiger partial charge in [0.15, 0.2) is 0 Å². The number of hydrogen-bond acceptors (Lipinski definition) is 5. The summed E-state index contributed by atoms with van der Waals surface area (Å²) >= 11 is 0. The van der Waals surface area contributed by atoms with E-state index >= 15 is 0 Å². The van der Waals surface area contributed by atoms with Crippen molar-refractivity contribution in [1.82, 2.24) is 0 Å². The van der Waals surface area contributed by atoms with Crippen LogP contribution in [-0.2, 0) is 6.42 Å². The Hall–Kier alpha value is -3.15. The Morgan fingerprint density at radius 2 is 1.91 bits per heavy atom. The van der Waals surface area contributed by atoms with E-state index in [-0.39, 0.29) is 16.9 Å². The Bertz CT molecular complexity index is 957. The van der Waals surface area contributed by atoms with Crippen molar-refractivity contribution in [2.45, 2.75) is 13.3 Å². The number of non-ortho nitro benzene ring substituents is 1. The van der Waals surface area contributed by atoms with Crippen LogP contribution in [0.5, 0.6) is 5.75 Å². The molecule has 0 unspecified atom stereocenters. The topological polar surface area (TPSA) is 93.6 Å². The zero-order valence-electron chi connectivity index (χ0n) is 12.3. The van der Waals surface area contributed by atoms with Crippen LogP contribution in [0, 0.1) is 10.1 Å². The van der Waals surface area contributed by atoms with Crippen LogP contribution in [0.25, 0.3) is 22.1 Å². The van der Waals surface area contributed by atoms with Gasteiger partial charge in [-0.15, -0.1) is 0 Å². The summed E-state index contributed by atoms with van der Waals surface area (Å²) in [6.45, 7) is 1.88. The minimum atomic E-state index is -0.497. The lowest BCUT2D eigenvalue weighted by molar-refractivity contribution is -0.384. The second-order valence-corrected chi connectivity index (χ2v) is 5.11. The molecule has 0 saturated heterocycles. The molecule has 2 aromatic carbocycles. The van der Waals surface area contributed by atoms with Crippen LogP contribution in [0.4, 0.5) is 5.69 Å². The molecular weight excluding hydrogens is 298 g/mol. The van der Waals surface area contributed by atoms with E-state index in [4.69, 9.17) is 4.42 Å². The van der Waals surface area contributed by atoms with Gasteiger partial charge in [-0.25, -0.2) is 0 Å². The second kappa shape index (κ2) is 5.57. The first kappa shape index (κ1) is 14.8. The van der Waals surface area contributed by atoms with Gasteiger partial charge in [0.2, 0.25) is 5.43 Å². The zero-order valence-corrected chi connectivity index (χ0v) is 12.3. The van der Waals surface area contributed by atoms with Crippen molar-refractivity contribution in [3.63, 3.8) is 0 Å². The molecule has 3 rings (SSSR count). The predicted molar refractivity (Wildman–Crippen MR) is 85.6 cm³/mol. The molecule has 0 spiro atoms. The van der Waals surface area contributed by atoms with Gasteiger partial charge in [0, 0.05) is 18.2 Å². The maximum absolute atomic E-state index is 12.7. The van der Waals surface area contributed by atoms with Gasteiger partial charge in [-0.2, -0.15) is 0 Å². The average molecular weight is 311 g/mol. The minimum Gasteiger partial charge on any atom is -0.508 e. The van der Waals surface area contributed by atoms with Gasteiger partial charge in [0.05, 0.1) is 15.9 Å². The molecule has 0 aliphatic heterocycles. The Morgan fingerprint density at radius 3 is 2.52 bits per heavy atom. The van der Waals surface area contributed by atoms with Gasteiger partial charge >= 0.3 is 0 Å². The number of aryl methyl sites for hydroxylation is 1. The summed E-state index contributed by atoms with van der Waals surface area (Å²) in [5.41, 5.74) is 1.53. The Morgan fingerprint density at radius 1 is 1.22 bits per heavy atom. The van der Waals surface area contributed by atoms with E-state index in [1.165, 1.54) is 36.6 Å². The molecule has 0 fully saturated rings. The lowest BCUT2D eigenvalue weighted by Crippen LogP contribution is -2.05. The largest absolute Gasteiger partial charge is 0.508 e.